The molecule has 0 bridgehead atoms. The number of aryl methyl sites for hydroxylation is 1. The summed E-state index contributed by atoms with van der Waals surface area (Å²) < 4.78 is 0. The molecule has 0 radical (unpaired) electrons. The maximum atomic E-state index is 5.77. The monoisotopic (exact) mass is 285 g/mol. The minimum absolute atomic E-state index is 0.297. The Kier molecular flexibility index (Phi) is 3.47. The molecule has 0 saturated carbocycles. The highest BCUT2D eigenvalue weighted by atomic mass is 32.1. The van der Waals surface area contributed by atoms with Gasteiger partial charge >= 0.3 is 0 Å². The zero-order valence-corrected chi connectivity index (χ0v) is 11.9. The molecule has 5 nitrogen and oxygen atoms in total. The lowest BCUT2D eigenvalue weighted by Gasteiger charge is -2.06. The first kappa shape index (κ1) is 12.8. The van der Waals surface area contributed by atoms with Crippen LogP contribution in [0.3, 0.4) is 0 Å². The van der Waals surface area contributed by atoms with Gasteiger partial charge in [0.15, 0.2) is 0 Å². The second-order valence-corrected chi connectivity index (χ2v) is 5.51. The number of hydrogen-bond donors (Lipinski definition) is 2. The molecule has 102 valence electrons. The third-order valence-corrected chi connectivity index (χ3v) is 4.15. The van der Waals surface area contributed by atoms with Crippen molar-refractivity contribution in [2.45, 2.75) is 19.9 Å². The van der Waals surface area contributed by atoms with E-state index in [-0.39, 0.29) is 0 Å². The van der Waals surface area contributed by atoms with Crippen molar-refractivity contribution in [2.75, 3.05) is 11.1 Å². The lowest BCUT2D eigenvalue weighted by Crippen LogP contribution is -2.05. The number of nitrogens with one attached hydrogen (secondary N) is 1. The van der Waals surface area contributed by atoms with Gasteiger partial charge in [-0.25, -0.2) is 4.98 Å². The average molecular weight is 285 g/mol. The van der Waals surface area contributed by atoms with Gasteiger partial charge in [-0.3, -0.25) is 4.98 Å². The van der Waals surface area contributed by atoms with Gasteiger partial charge in [-0.1, -0.05) is 13.0 Å². The first-order chi connectivity index (χ1) is 9.76. The molecule has 6 heteroatoms. The largest absolute Gasteiger partial charge is 0.368 e. The van der Waals surface area contributed by atoms with Gasteiger partial charge in [0.1, 0.15) is 10.6 Å². The topological polar surface area (TPSA) is 76.7 Å². The van der Waals surface area contributed by atoms with Gasteiger partial charge in [0.2, 0.25) is 5.95 Å². The third kappa shape index (κ3) is 2.55. The quantitative estimate of drug-likeness (QED) is 0.771. The zero-order chi connectivity index (χ0) is 13.9. The summed E-state index contributed by atoms with van der Waals surface area (Å²) in [6.45, 7) is 2.74. The summed E-state index contributed by atoms with van der Waals surface area (Å²) in [7, 11) is 0. The highest BCUT2D eigenvalue weighted by Crippen LogP contribution is 2.29. The van der Waals surface area contributed by atoms with Crippen molar-refractivity contribution < 1.29 is 0 Å². The van der Waals surface area contributed by atoms with Crippen LogP contribution >= 0.6 is 11.3 Å². The summed E-state index contributed by atoms with van der Waals surface area (Å²) in [6, 6.07) is 7.96. The van der Waals surface area contributed by atoms with Crippen molar-refractivity contribution in [2.24, 2.45) is 0 Å². The lowest BCUT2D eigenvalue weighted by molar-refractivity contribution is 1.03. The van der Waals surface area contributed by atoms with Crippen LogP contribution in [0.15, 0.2) is 30.5 Å². The first-order valence-corrected chi connectivity index (χ1v) is 7.27. The van der Waals surface area contributed by atoms with Crippen LogP contribution in [0.4, 0.5) is 11.8 Å². The molecule has 20 heavy (non-hydrogen) atoms. The van der Waals surface area contributed by atoms with Crippen molar-refractivity contribution in [1.29, 1.82) is 0 Å². The predicted octanol–water partition coefficient (Wildman–Crippen LogP) is 2.84. The number of fused-ring (bicyclic) bond motifs is 1. The maximum absolute atomic E-state index is 5.77. The van der Waals surface area contributed by atoms with E-state index in [4.69, 9.17) is 5.73 Å². The molecule has 0 fully saturated rings. The van der Waals surface area contributed by atoms with Crippen LogP contribution in [0.1, 0.15) is 17.5 Å². The van der Waals surface area contributed by atoms with Crippen LogP contribution in [0, 0.1) is 0 Å². The van der Waals surface area contributed by atoms with Gasteiger partial charge in [-0.15, -0.1) is 11.3 Å². The first-order valence-electron chi connectivity index (χ1n) is 6.46. The summed E-state index contributed by atoms with van der Waals surface area (Å²) in [5.41, 5.74) is 6.74. The highest BCUT2D eigenvalue weighted by molar-refractivity contribution is 7.18. The van der Waals surface area contributed by atoms with Gasteiger partial charge in [0.05, 0.1) is 17.6 Å². The Morgan fingerprint density at radius 2 is 2.20 bits per heavy atom. The summed E-state index contributed by atoms with van der Waals surface area (Å²) in [5.74, 6) is 1.07. The Bertz CT molecular complexity index is 723. The number of thiophene rings is 1. The maximum Gasteiger partial charge on any atom is 0.223 e. The second kappa shape index (κ2) is 5.42. The number of aromatic nitrogens is 3. The Morgan fingerprint density at radius 3 is 2.95 bits per heavy atom. The molecular formula is C14H15N5S. The average Bonchev–Trinajstić information content (AvgIpc) is 2.88. The van der Waals surface area contributed by atoms with Crippen molar-refractivity contribution in [3.8, 4) is 0 Å². The zero-order valence-electron chi connectivity index (χ0n) is 11.1. The van der Waals surface area contributed by atoms with E-state index < -0.39 is 0 Å². The number of rotatable bonds is 4. The molecule has 0 spiro atoms. The van der Waals surface area contributed by atoms with Crippen molar-refractivity contribution in [3.05, 3.63) is 41.0 Å². The second-order valence-electron chi connectivity index (χ2n) is 4.39. The number of pyridine rings is 1. The molecule has 0 aliphatic carbocycles. The summed E-state index contributed by atoms with van der Waals surface area (Å²) in [5, 5.41) is 4.32. The molecule has 3 aromatic rings. The molecule has 0 aromatic carbocycles. The van der Waals surface area contributed by atoms with Gasteiger partial charge in [0.25, 0.3) is 0 Å². The smallest absolute Gasteiger partial charge is 0.223 e. The lowest BCUT2D eigenvalue weighted by atomic mass is 10.3. The van der Waals surface area contributed by atoms with Gasteiger partial charge in [0, 0.05) is 11.1 Å². The van der Waals surface area contributed by atoms with E-state index in [1.165, 1.54) is 4.88 Å². The van der Waals surface area contributed by atoms with E-state index in [1.54, 1.807) is 17.5 Å². The van der Waals surface area contributed by atoms with Crippen LogP contribution in [-0.4, -0.2) is 15.0 Å². The normalized spacial score (nSPS) is 10.8. The summed E-state index contributed by atoms with van der Waals surface area (Å²) in [6.07, 6.45) is 2.77. The Balaban J connectivity index is 1.92. The molecule has 0 amide bonds. The molecule has 3 N–H and O–H groups in total. The fraction of sp³-hybridized carbons (Fsp3) is 0.214. The number of nitrogens with zero attached hydrogens (tertiary/aromatic N) is 3. The van der Waals surface area contributed by atoms with Crippen molar-refractivity contribution in [1.82, 2.24) is 15.0 Å². The van der Waals surface area contributed by atoms with Crippen LogP contribution in [0.2, 0.25) is 0 Å². The van der Waals surface area contributed by atoms with Gasteiger partial charge < -0.3 is 11.1 Å². The number of nitrogen functional groups attached to an aromatic ring is 1. The molecular weight excluding hydrogens is 270 g/mol. The van der Waals surface area contributed by atoms with Crippen LogP contribution in [0.25, 0.3) is 10.2 Å². The van der Waals surface area contributed by atoms with E-state index in [0.717, 1.165) is 28.1 Å². The molecule has 0 aliphatic rings. The molecule has 3 heterocycles. The summed E-state index contributed by atoms with van der Waals surface area (Å²) in [4.78, 5) is 15.1. The standard InChI is InChI=1S/C14H15N5S/c1-2-10-7-11-12(18-14(15)19-13(11)20-10)17-8-9-5-3-4-6-16-9/h3-7H,2,8H2,1H3,(H3,15,17,18,19). The summed E-state index contributed by atoms with van der Waals surface area (Å²) >= 11 is 1.66. The van der Waals surface area contributed by atoms with Crippen LogP contribution < -0.4 is 11.1 Å². The minimum Gasteiger partial charge on any atom is -0.368 e. The number of anilines is 2. The van der Waals surface area contributed by atoms with E-state index >= 15 is 0 Å². The molecule has 3 rings (SSSR count). The Hall–Kier alpha value is -2.21. The van der Waals surface area contributed by atoms with E-state index in [2.05, 4.69) is 33.3 Å². The SMILES string of the molecule is CCc1cc2c(NCc3ccccn3)nc(N)nc2s1. The van der Waals surface area contributed by atoms with Gasteiger partial charge in [-0.05, 0) is 24.6 Å². The Morgan fingerprint density at radius 1 is 1.30 bits per heavy atom. The van der Waals surface area contributed by atoms with E-state index in [1.807, 2.05) is 18.2 Å². The van der Waals surface area contributed by atoms with Gasteiger partial charge in [-0.2, -0.15) is 4.98 Å². The Labute approximate surface area is 120 Å². The minimum atomic E-state index is 0.297. The van der Waals surface area contributed by atoms with E-state index in [9.17, 15) is 0 Å². The molecule has 0 aliphatic heterocycles. The fourth-order valence-electron chi connectivity index (χ4n) is 1.97. The van der Waals surface area contributed by atoms with Crippen LogP contribution in [0.5, 0.6) is 0 Å². The highest BCUT2D eigenvalue weighted by Gasteiger charge is 2.10. The number of hydrogen-bond acceptors (Lipinski definition) is 6. The molecule has 3 aromatic heterocycles. The molecule has 0 atom stereocenters. The fourth-order valence-corrected chi connectivity index (χ4v) is 2.95. The molecule has 0 saturated heterocycles. The van der Waals surface area contributed by atoms with Crippen LogP contribution in [-0.2, 0) is 13.0 Å². The van der Waals surface area contributed by atoms with E-state index in [0.29, 0.717) is 12.5 Å². The molecule has 0 unspecified atom stereocenters. The van der Waals surface area contributed by atoms with Crippen molar-refractivity contribution >= 4 is 33.3 Å². The third-order valence-electron chi connectivity index (χ3n) is 2.97. The number of nitrogens with two attached hydrogens (primary N) is 1. The predicted molar refractivity (Wildman–Crippen MR) is 82.8 cm³/mol. The van der Waals surface area contributed by atoms with Crippen molar-refractivity contribution in [3.63, 3.8) is 0 Å².